The number of nitrogens with zero attached hydrogens (tertiary/aromatic N) is 2. The molecule has 0 aliphatic carbocycles. The van der Waals surface area contributed by atoms with Crippen LogP contribution in [0.5, 0.6) is 0 Å². The van der Waals surface area contributed by atoms with Gasteiger partial charge in [-0.05, 0) is 45.8 Å². The smallest absolute Gasteiger partial charge is 0.274 e. The van der Waals surface area contributed by atoms with E-state index in [2.05, 4.69) is 32.3 Å². The van der Waals surface area contributed by atoms with Crippen molar-refractivity contribution in [2.45, 2.75) is 6.42 Å². The fourth-order valence-electron chi connectivity index (χ4n) is 1.50. The Kier molecular flexibility index (Phi) is 4.26. The van der Waals surface area contributed by atoms with Gasteiger partial charge in [-0.3, -0.25) is 4.79 Å². The molecule has 4 nitrogen and oxygen atoms in total. The van der Waals surface area contributed by atoms with Gasteiger partial charge in [0.15, 0.2) is 0 Å². The third kappa shape index (κ3) is 3.63. The highest BCUT2D eigenvalue weighted by Gasteiger charge is 2.07. The van der Waals surface area contributed by atoms with E-state index in [0.717, 1.165) is 10.0 Å². The maximum atomic E-state index is 11.9. The third-order valence-corrected chi connectivity index (χ3v) is 2.92. The minimum atomic E-state index is -0.263. The number of nitrogens with one attached hydrogen (secondary N) is 1. The number of hydrogen-bond donors (Lipinski definition) is 1. The summed E-state index contributed by atoms with van der Waals surface area (Å²) in [6.07, 6.45) is 1.94. The van der Waals surface area contributed by atoms with Crippen LogP contribution in [0.25, 0.3) is 0 Å². The summed E-state index contributed by atoms with van der Waals surface area (Å²) in [6.45, 7) is 0. The minimum absolute atomic E-state index is 0.263. The molecular formula is C14H10BrN3O. The van der Waals surface area contributed by atoms with Crippen molar-refractivity contribution in [3.63, 3.8) is 0 Å². The van der Waals surface area contributed by atoms with E-state index in [0.29, 0.717) is 17.8 Å². The van der Waals surface area contributed by atoms with E-state index in [1.807, 2.05) is 12.1 Å². The highest BCUT2D eigenvalue weighted by atomic mass is 79.9. The Hall–Kier alpha value is -2.19. The van der Waals surface area contributed by atoms with Gasteiger partial charge < -0.3 is 5.32 Å². The van der Waals surface area contributed by atoms with Crippen LogP contribution in [0.3, 0.4) is 0 Å². The number of anilines is 1. The van der Waals surface area contributed by atoms with E-state index < -0.39 is 0 Å². The molecule has 1 aromatic carbocycles. The first-order chi connectivity index (χ1) is 9.19. The van der Waals surface area contributed by atoms with Gasteiger partial charge in [0.25, 0.3) is 5.91 Å². The molecule has 5 heteroatoms. The van der Waals surface area contributed by atoms with E-state index in [1.165, 1.54) is 0 Å². The summed E-state index contributed by atoms with van der Waals surface area (Å²) in [5, 5.41) is 11.3. The van der Waals surface area contributed by atoms with Gasteiger partial charge in [-0.25, -0.2) is 4.98 Å². The molecule has 19 heavy (non-hydrogen) atoms. The first-order valence-electron chi connectivity index (χ1n) is 5.58. The van der Waals surface area contributed by atoms with Gasteiger partial charge in [-0.1, -0.05) is 12.1 Å². The number of hydrogen-bond acceptors (Lipinski definition) is 3. The zero-order chi connectivity index (χ0) is 13.7. The largest absolute Gasteiger partial charge is 0.321 e. The molecule has 0 aliphatic heterocycles. The average molecular weight is 316 g/mol. The van der Waals surface area contributed by atoms with Crippen molar-refractivity contribution < 1.29 is 4.79 Å². The summed E-state index contributed by atoms with van der Waals surface area (Å²) < 4.78 is 0.824. The lowest BCUT2D eigenvalue weighted by Crippen LogP contribution is -2.13. The van der Waals surface area contributed by atoms with Crippen LogP contribution < -0.4 is 5.32 Å². The Bertz CT molecular complexity index is 615. The van der Waals surface area contributed by atoms with Gasteiger partial charge in [0.05, 0.1) is 12.5 Å². The van der Waals surface area contributed by atoms with Crippen LogP contribution in [0.15, 0.2) is 47.1 Å². The van der Waals surface area contributed by atoms with Gasteiger partial charge in [-0.2, -0.15) is 5.26 Å². The summed E-state index contributed by atoms with van der Waals surface area (Å²) in [5.74, 6) is -0.263. The molecule has 0 saturated carbocycles. The Balaban J connectivity index is 2.06. The van der Waals surface area contributed by atoms with Crippen molar-refractivity contribution in [1.82, 2.24) is 4.98 Å². The van der Waals surface area contributed by atoms with E-state index in [1.54, 1.807) is 30.5 Å². The number of rotatable bonds is 3. The van der Waals surface area contributed by atoms with Crippen molar-refractivity contribution in [1.29, 1.82) is 5.26 Å². The highest BCUT2D eigenvalue weighted by Crippen LogP contribution is 2.12. The van der Waals surface area contributed by atoms with Crippen LogP contribution in [0.4, 0.5) is 5.69 Å². The van der Waals surface area contributed by atoms with Crippen LogP contribution in [0.2, 0.25) is 0 Å². The summed E-state index contributed by atoms with van der Waals surface area (Å²) >= 11 is 3.26. The van der Waals surface area contributed by atoms with Gasteiger partial charge in [0.2, 0.25) is 0 Å². The van der Waals surface area contributed by atoms with Gasteiger partial charge >= 0.3 is 0 Å². The Morgan fingerprint density at radius 3 is 2.58 bits per heavy atom. The maximum Gasteiger partial charge on any atom is 0.274 e. The third-order valence-electron chi connectivity index (χ3n) is 2.46. The zero-order valence-corrected chi connectivity index (χ0v) is 11.5. The molecule has 0 saturated heterocycles. The molecule has 0 fully saturated rings. The molecule has 0 aliphatic rings. The van der Waals surface area contributed by atoms with Crippen LogP contribution in [-0.4, -0.2) is 10.9 Å². The van der Waals surface area contributed by atoms with Gasteiger partial charge in [0.1, 0.15) is 5.69 Å². The minimum Gasteiger partial charge on any atom is -0.321 e. The second-order valence-electron chi connectivity index (χ2n) is 3.85. The quantitative estimate of drug-likeness (QED) is 0.946. The number of carbonyl (C=O) groups excluding carboxylic acids is 1. The normalized spacial score (nSPS) is 9.68. The topological polar surface area (TPSA) is 65.8 Å². The molecular weight excluding hydrogens is 306 g/mol. The summed E-state index contributed by atoms with van der Waals surface area (Å²) in [6, 6.07) is 12.6. The molecule has 0 atom stereocenters. The van der Waals surface area contributed by atoms with E-state index in [4.69, 9.17) is 5.26 Å². The van der Waals surface area contributed by atoms with Crippen LogP contribution >= 0.6 is 15.9 Å². The van der Waals surface area contributed by atoms with Crippen LogP contribution in [-0.2, 0) is 6.42 Å². The first kappa shape index (κ1) is 13.2. The van der Waals surface area contributed by atoms with Crippen molar-refractivity contribution in [3.05, 3.63) is 58.3 Å². The highest BCUT2D eigenvalue weighted by molar-refractivity contribution is 9.10. The number of nitriles is 1. The molecule has 0 bridgehead atoms. The van der Waals surface area contributed by atoms with E-state index in [9.17, 15) is 4.79 Å². The second-order valence-corrected chi connectivity index (χ2v) is 4.76. The van der Waals surface area contributed by atoms with Crippen LogP contribution in [0.1, 0.15) is 16.1 Å². The fraction of sp³-hybridized carbons (Fsp3) is 0.0714. The summed E-state index contributed by atoms with van der Waals surface area (Å²) in [4.78, 5) is 15.9. The average Bonchev–Trinajstić information content (AvgIpc) is 2.42. The lowest BCUT2D eigenvalue weighted by atomic mass is 10.1. The molecule has 2 rings (SSSR count). The first-order valence-corrected chi connectivity index (χ1v) is 6.37. The molecule has 1 N–H and O–H groups in total. The molecule has 0 radical (unpaired) electrons. The number of aromatic nitrogens is 1. The predicted octanol–water partition coefficient (Wildman–Crippen LogP) is 3.16. The molecule has 1 aromatic heterocycles. The predicted molar refractivity (Wildman–Crippen MR) is 75.6 cm³/mol. The SMILES string of the molecule is N#CCc1ccc(NC(=O)c2ccc(Br)cn2)cc1. The molecule has 0 unspecified atom stereocenters. The number of amides is 1. The number of benzene rings is 1. The zero-order valence-electron chi connectivity index (χ0n) is 9.93. The van der Waals surface area contributed by atoms with Crippen molar-refractivity contribution in [2.75, 3.05) is 5.32 Å². The summed E-state index contributed by atoms with van der Waals surface area (Å²) in [7, 11) is 0. The van der Waals surface area contributed by atoms with Crippen molar-refractivity contribution in [2.24, 2.45) is 0 Å². The van der Waals surface area contributed by atoms with Gasteiger partial charge in [-0.15, -0.1) is 0 Å². The molecule has 1 amide bonds. The Labute approximate surface area is 119 Å². The maximum absolute atomic E-state index is 11.9. The van der Waals surface area contributed by atoms with Crippen molar-refractivity contribution >= 4 is 27.5 Å². The van der Waals surface area contributed by atoms with Crippen molar-refractivity contribution in [3.8, 4) is 6.07 Å². The summed E-state index contributed by atoms with van der Waals surface area (Å²) in [5.41, 5.74) is 1.95. The fourth-order valence-corrected chi connectivity index (χ4v) is 1.74. The lowest BCUT2D eigenvalue weighted by Gasteiger charge is -2.05. The molecule has 94 valence electrons. The van der Waals surface area contributed by atoms with E-state index in [-0.39, 0.29) is 5.91 Å². The second kappa shape index (κ2) is 6.12. The van der Waals surface area contributed by atoms with Gasteiger partial charge in [0, 0.05) is 16.4 Å². The Morgan fingerprint density at radius 2 is 2.00 bits per heavy atom. The monoisotopic (exact) mass is 315 g/mol. The number of pyridine rings is 1. The molecule has 1 heterocycles. The molecule has 2 aromatic rings. The van der Waals surface area contributed by atoms with Crippen LogP contribution in [0, 0.1) is 11.3 Å². The standard InChI is InChI=1S/C14H10BrN3O/c15-11-3-6-13(17-9-11)14(19)18-12-4-1-10(2-5-12)7-8-16/h1-6,9H,7H2,(H,18,19). The number of carbonyl (C=O) groups is 1. The lowest BCUT2D eigenvalue weighted by molar-refractivity contribution is 0.102. The Morgan fingerprint density at radius 1 is 1.26 bits per heavy atom. The van der Waals surface area contributed by atoms with E-state index >= 15 is 0 Å². The number of halogens is 1. The molecule has 0 spiro atoms.